The zero-order valence-corrected chi connectivity index (χ0v) is 15.5. The number of methoxy groups -OCH3 is 1. The maximum Gasteiger partial charge on any atom is 0.316 e. The van der Waals surface area contributed by atoms with Crippen LogP contribution in [0.3, 0.4) is 0 Å². The van der Waals surface area contributed by atoms with Gasteiger partial charge in [0.1, 0.15) is 5.75 Å². The van der Waals surface area contributed by atoms with Crippen LogP contribution in [0.4, 0.5) is 0 Å². The van der Waals surface area contributed by atoms with E-state index in [1.165, 1.54) is 11.8 Å². The lowest BCUT2D eigenvalue weighted by Gasteiger charge is -2.10. The van der Waals surface area contributed by atoms with Gasteiger partial charge in [-0.25, -0.2) is 0 Å². The summed E-state index contributed by atoms with van der Waals surface area (Å²) in [5.41, 5.74) is 0.835. The fourth-order valence-corrected chi connectivity index (χ4v) is 3.05. The minimum absolute atomic E-state index is 0.143. The highest BCUT2D eigenvalue weighted by molar-refractivity contribution is 7.99. The number of nitrogens with zero attached hydrogens (tertiary/aromatic N) is 3. The number of furan rings is 1. The molecular weight excluding hydrogens is 354 g/mol. The molecule has 7 nitrogen and oxygen atoms in total. The van der Waals surface area contributed by atoms with Crippen molar-refractivity contribution in [2.45, 2.75) is 25.1 Å². The van der Waals surface area contributed by atoms with Gasteiger partial charge in [0.25, 0.3) is 0 Å². The van der Waals surface area contributed by atoms with Crippen LogP contribution in [0.15, 0.2) is 52.2 Å². The molecule has 3 aromatic rings. The largest absolute Gasteiger partial charge is 0.497 e. The first kappa shape index (κ1) is 18.1. The van der Waals surface area contributed by atoms with Gasteiger partial charge in [-0.2, -0.15) is 0 Å². The van der Waals surface area contributed by atoms with E-state index in [2.05, 4.69) is 10.2 Å². The lowest BCUT2D eigenvalue weighted by atomic mass is 10.3. The summed E-state index contributed by atoms with van der Waals surface area (Å²) in [4.78, 5) is 11.9. The number of aromatic nitrogens is 3. The van der Waals surface area contributed by atoms with E-state index in [-0.39, 0.29) is 17.8 Å². The summed E-state index contributed by atoms with van der Waals surface area (Å²) in [5, 5.41) is 9.02. The zero-order chi connectivity index (χ0) is 18.5. The van der Waals surface area contributed by atoms with Gasteiger partial charge in [-0.05, 0) is 50.2 Å². The third kappa shape index (κ3) is 4.08. The maximum atomic E-state index is 11.9. The second-order valence-electron chi connectivity index (χ2n) is 5.64. The molecule has 0 amide bonds. The number of hydrogen-bond donors (Lipinski definition) is 0. The summed E-state index contributed by atoms with van der Waals surface area (Å²) < 4.78 is 17.7. The van der Waals surface area contributed by atoms with Crippen molar-refractivity contribution in [3.8, 4) is 23.0 Å². The highest BCUT2D eigenvalue weighted by Crippen LogP contribution is 2.29. The first-order valence-electron chi connectivity index (χ1n) is 8.04. The second-order valence-corrected chi connectivity index (χ2v) is 6.59. The van der Waals surface area contributed by atoms with Crippen LogP contribution < -0.4 is 4.74 Å². The molecule has 0 N–H and O–H groups in total. The van der Waals surface area contributed by atoms with Crippen molar-refractivity contribution in [1.82, 2.24) is 14.8 Å². The Bertz CT molecular complexity index is 857. The number of rotatable bonds is 7. The van der Waals surface area contributed by atoms with Crippen LogP contribution in [0.5, 0.6) is 5.75 Å². The first-order chi connectivity index (χ1) is 12.6. The molecule has 136 valence electrons. The third-order valence-electron chi connectivity index (χ3n) is 3.39. The van der Waals surface area contributed by atoms with Crippen molar-refractivity contribution in [1.29, 1.82) is 0 Å². The smallest absolute Gasteiger partial charge is 0.316 e. The van der Waals surface area contributed by atoms with E-state index >= 15 is 0 Å². The van der Waals surface area contributed by atoms with Gasteiger partial charge in [-0.1, -0.05) is 11.8 Å². The summed E-state index contributed by atoms with van der Waals surface area (Å²) >= 11 is 1.26. The molecule has 0 aliphatic rings. The van der Waals surface area contributed by atoms with Crippen LogP contribution in [-0.4, -0.2) is 39.7 Å². The Hall–Kier alpha value is -2.74. The standard InChI is InChI=1S/C18H19N3O4S/c1-12(2)25-16(22)11-26-18-20-19-17(15-5-4-10-24-15)21(18)13-6-8-14(23-3)9-7-13/h4-10,12H,11H2,1-3H3. The van der Waals surface area contributed by atoms with Gasteiger partial charge in [-0.15, -0.1) is 10.2 Å². The lowest BCUT2D eigenvalue weighted by molar-refractivity contribution is -0.144. The van der Waals surface area contributed by atoms with Crippen LogP contribution in [0, 0.1) is 0 Å². The SMILES string of the molecule is COc1ccc(-n2c(SCC(=O)OC(C)C)nnc2-c2ccco2)cc1. The normalized spacial score (nSPS) is 10.9. The predicted octanol–water partition coefficient (Wildman–Crippen LogP) is 3.58. The molecule has 0 aliphatic heterocycles. The lowest BCUT2D eigenvalue weighted by Crippen LogP contribution is -2.13. The Kier molecular flexibility index (Phi) is 5.62. The number of carbonyl (C=O) groups is 1. The first-order valence-corrected chi connectivity index (χ1v) is 9.03. The number of esters is 1. The monoisotopic (exact) mass is 373 g/mol. The van der Waals surface area contributed by atoms with E-state index in [9.17, 15) is 4.79 Å². The van der Waals surface area contributed by atoms with Crippen molar-refractivity contribution in [3.05, 3.63) is 42.7 Å². The minimum atomic E-state index is -0.297. The molecule has 0 aliphatic carbocycles. The molecule has 3 rings (SSSR count). The molecule has 2 heterocycles. The van der Waals surface area contributed by atoms with Crippen molar-refractivity contribution in [2.75, 3.05) is 12.9 Å². The van der Waals surface area contributed by atoms with Crippen molar-refractivity contribution in [3.63, 3.8) is 0 Å². The Morgan fingerprint density at radius 1 is 1.23 bits per heavy atom. The van der Waals surface area contributed by atoms with E-state index in [1.807, 2.05) is 48.7 Å². The number of hydrogen-bond acceptors (Lipinski definition) is 7. The van der Waals surface area contributed by atoms with E-state index in [0.29, 0.717) is 16.7 Å². The molecule has 8 heteroatoms. The Labute approximate surface area is 155 Å². The molecule has 0 saturated heterocycles. The van der Waals surface area contributed by atoms with Crippen LogP contribution >= 0.6 is 11.8 Å². The fourth-order valence-electron chi connectivity index (χ4n) is 2.31. The summed E-state index contributed by atoms with van der Waals surface area (Å²) in [7, 11) is 1.61. The summed E-state index contributed by atoms with van der Waals surface area (Å²) in [6.45, 7) is 3.63. The fraction of sp³-hybridized carbons (Fsp3) is 0.278. The molecule has 0 saturated carbocycles. The molecule has 0 radical (unpaired) electrons. The van der Waals surface area contributed by atoms with Gasteiger partial charge in [-0.3, -0.25) is 9.36 Å². The van der Waals surface area contributed by atoms with Gasteiger partial charge in [0.15, 0.2) is 10.9 Å². The van der Waals surface area contributed by atoms with Crippen molar-refractivity contribution < 1.29 is 18.7 Å². The zero-order valence-electron chi connectivity index (χ0n) is 14.7. The highest BCUT2D eigenvalue weighted by atomic mass is 32.2. The summed E-state index contributed by atoms with van der Waals surface area (Å²) in [6, 6.07) is 11.1. The number of ether oxygens (including phenoxy) is 2. The Morgan fingerprint density at radius 3 is 2.62 bits per heavy atom. The Balaban J connectivity index is 1.92. The average molecular weight is 373 g/mol. The number of benzene rings is 1. The average Bonchev–Trinajstić information content (AvgIpc) is 3.28. The summed E-state index contributed by atoms with van der Waals surface area (Å²) in [5.74, 6) is 1.74. The molecule has 0 spiro atoms. The van der Waals surface area contributed by atoms with Crippen LogP contribution in [-0.2, 0) is 9.53 Å². The van der Waals surface area contributed by atoms with Crippen LogP contribution in [0.25, 0.3) is 17.3 Å². The molecule has 0 fully saturated rings. The van der Waals surface area contributed by atoms with Gasteiger partial charge >= 0.3 is 5.97 Å². The molecule has 2 aromatic heterocycles. The highest BCUT2D eigenvalue weighted by Gasteiger charge is 2.19. The van der Waals surface area contributed by atoms with Gasteiger partial charge in [0.2, 0.25) is 5.82 Å². The minimum Gasteiger partial charge on any atom is -0.497 e. The predicted molar refractivity (Wildman–Crippen MR) is 97.6 cm³/mol. The van der Waals surface area contributed by atoms with E-state index < -0.39 is 0 Å². The van der Waals surface area contributed by atoms with Crippen LogP contribution in [0.2, 0.25) is 0 Å². The quantitative estimate of drug-likeness (QED) is 0.462. The van der Waals surface area contributed by atoms with E-state index in [1.54, 1.807) is 19.4 Å². The van der Waals surface area contributed by atoms with E-state index in [0.717, 1.165) is 11.4 Å². The second kappa shape index (κ2) is 8.09. The molecular formula is C18H19N3O4S. The topological polar surface area (TPSA) is 79.4 Å². The van der Waals surface area contributed by atoms with Crippen molar-refractivity contribution >= 4 is 17.7 Å². The van der Waals surface area contributed by atoms with Gasteiger partial charge in [0.05, 0.1) is 30.9 Å². The van der Waals surface area contributed by atoms with Gasteiger partial charge < -0.3 is 13.9 Å². The molecule has 26 heavy (non-hydrogen) atoms. The van der Waals surface area contributed by atoms with Crippen LogP contribution in [0.1, 0.15) is 13.8 Å². The maximum absolute atomic E-state index is 11.9. The molecule has 1 aromatic carbocycles. The molecule has 0 atom stereocenters. The molecule has 0 bridgehead atoms. The van der Waals surface area contributed by atoms with Gasteiger partial charge in [0, 0.05) is 0 Å². The molecule has 0 unspecified atom stereocenters. The van der Waals surface area contributed by atoms with E-state index in [4.69, 9.17) is 13.9 Å². The number of carbonyl (C=O) groups excluding carboxylic acids is 1. The third-order valence-corrected chi connectivity index (χ3v) is 4.29. The Morgan fingerprint density at radius 2 is 2.00 bits per heavy atom. The number of thioether (sulfide) groups is 1. The summed E-state index contributed by atoms with van der Waals surface area (Å²) in [6.07, 6.45) is 1.43. The van der Waals surface area contributed by atoms with Crippen molar-refractivity contribution in [2.24, 2.45) is 0 Å².